The van der Waals surface area contributed by atoms with Gasteiger partial charge in [-0.25, -0.2) is 4.98 Å². The van der Waals surface area contributed by atoms with E-state index < -0.39 is 83.5 Å². The van der Waals surface area contributed by atoms with Gasteiger partial charge in [-0.3, -0.25) is 57.7 Å². The summed E-state index contributed by atoms with van der Waals surface area (Å²) in [6.45, 7) is 16.2. The monoisotopic (exact) mass is 1210 g/mol. The first-order valence-corrected chi connectivity index (χ1v) is 29.5. The molecule has 3 heterocycles. The molecule has 0 fully saturated rings. The summed E-state index contributed by atoms with van der Waals surface area (Å²) in [5, 5.41) is 21.0. The van der Waals surface area contributed by atoms with Crippen molar-refractivity contribution in [2.24, 2.45) is 17.8 Å². The van der Waals surface area contributed by atoms with Crippen LogP contribution in [-0.2, 0) is 73.3 Å². The van der Waals surface area contributed by atoms with Gasteiger partial charge in [-0.2, -0.15) is 0 Å². The standard InChI is InChI=1S/C59H86N8O17S/c1-12-38(4)54(60-36-59(7,8)64(9)10)57(76)65(11)45(37(2)3)34-47(83-40(6)68)56-63-44(35-85-56)55(75)61-42(31-39(5)58(77)78)32-41-13-14-46(84-53(74)20-24-80-28-30-82-26-22-67-51(72)17-18-52(67)73)43(33-41)62-48(69)19-23-79-27-29-81-25-21-66-49(70)15-16-50(66)71/h13-18,33,35,37-39,42,45,47,54,60H,12,19-32,34,36H2,1-11H3,(H,61,75)(H,62,69)(H,77,78)/t38-,39?,42+,45+,47+,54-/m0/s1. The number of nitrogens with zero attached hydrogens (tertiary/aromatic N) is 5. The fraction of sp³-hybridized carbons (Fsp3) is 0.610. The number of carbonyl (C=O) groups excluding carboxylic acids is 9. The Morgan fingerprint density at radius 1 is 0.765 bits per heavy atom. The number of esters is 2. The second-order valence-corrected chi connectivity index (χ2v) is 23.0. The number of carboxylic acids is 1. The molecule has 4 N–H and O–H groups in total. The van der Waals surface area contributed by atoms with Gasteiger partial charge in [0.15, 0.2) is 11.9 Å². The van der Waals surface area contributed by atoms with Crippen LogP contribution in [0.15, 0.2) is 47.9 Å². The molecular formula is C59H86N8O17S. The van der Waals surface area contributed by atoms with Crippen LogP contribution in [0.1, 0.15) is 115 Å². The summed E-state index contributed by atoms with van der Waals surface area (Å²) < 4.78 is 33.6. The van der Waals surface area contributed by atoms with Crippen LogP contribution in [-0.4, -0.2) is 206 Å². The molecule has 0 spiro atoms. The number of carbonyl (C=O) groups is 10. The van der Waals surface area contributed by atoms with Crippen LogP contribution in [0.4, 0.5) is 5.69 Å². The maximum Gasteiger partial charge on any atom is 0.313 e. The molecule has 0 saturated heterocycles. The number of hydrogen-bond donors (Lipinski definition) is 4. The number of aliphatic carboxylic acids is 1. The van der Waals surface area contributed by atoms with Crippen LogP contribution in [0.3, 0.4) is 0 Å². The van der Waals surface area contributed by atoms with E-state index in [-0.39, 0.29) is 138 Å². The van der Waals surface area contributed by atoms with Crippen molar-refractivity contribution < 1.29 is 81.5 Å². The number of anilines is 1. The third kappa shape index (κ3) is 23.2. The SMILES string of the molecule is CC[C@H](C)[C@H](NCC(C)(C)N(C)C)C(=O)N(C)[C@H](C[C@@H](OC(C)=O)c1nc(C(=O)N[C@@H](Cc2ccc(OC(=O)CCOCCOCCN3C(=O)C=CC3=O)c(NC(=O)CCOCCOCCN3C(=O)C=CC3=O)c2)CC(C)C(=O)O)cs1)C(C)C. The Morgan fingerprint density at radius 3 is 1.84 bits per heavy atom. The van der Waals surface area contributed by atoms with Gasteiger partial charge in [0.25, 0.3) is 29.5 Å². The van der Waals surface area contributed by atoms with Gasteiger partial charge in [-0.05, 0) is 70.3 Å². The highest BCUT2D eigenvalue weighted by molar-refractivity contribution is 7.09. The number of aromatic nitrogens is 1. The third-order valence-corrected chi connectivity index (χ3v) is 15.6. The second kappa shape index (κ2) is 35.0. The van der Waals surface area contributed by atoms with E-state index in [1.54, 1.807) is 24.1 Å². The summed E-state index contributed by atoms with van der Waals surface area (Å²) in [6, 6.07) is 2.88. The van der Waals surface area contributed by atoms with E-state index in [0.717, 1.165) is 27.6 Å². The van der Waals surface area contributed by atoms with E-state index in [1.807, 2.05) is 41.8 Å². The molecule has 6 atom stereocenters. The van der Waals surface area contributed by atoms with E-state index in [2.05, 4.69) is 39.7 Å². The smallest absolute Gasteiger partial charge is 0.313 e. The van der Waals surface area contributed by atoms with Gasteiger partial charge >= 0.3 is 17.9 Å². The summed E-state index contributed by atoms with van der Waals surface area (Å²) in [7, 11) is 5.73. The predicted octanol–water partition coefficient (Wildman–Crippen LogP) is 3.96. The van der Waals surface area contributed by atoms with Gasteiger partial charge in [-0.1, -0.05) is 47.1 Å². The highest BCUT2D eigenvalue weighted by atomic mass is 32.1. The molecule has 0 aliphatic carbocycles. The van der Waals surface area contributed by atoms with Crippen LogP contribution in [0.25, 0.3) is 0 Å². The van der Waals surface area contributed by atoms with Crippen LogP contribution in [0.2, 0.25) is 0 Å². The molecule has 0 saturated carbocycles. The summed E-state index contributed by atoms with van der Waals surface area (Å²) in [4.78, 5) is 137. The Labute approximate surface area is 501 Å². The van der Waals surface area contributed by atoms with Crippen molar-refractivity contribution >= 4 is 76.3 Å². The van der Waals surface area contributed by atoms with E-state index in [4.69, 9.17) is 28.4 Å². The molecular weight excluding hydrogens is 1120 g/mol. The number of rotatable bonds is 40. The van der Waals surface area contributed by atoms with E-state index >= 15 is 0 Å². The minimum Gasteiger partial charge on any atom is -0.481 e. The van der Waals surface area contributed by atoms with Crippen molar-refractivity contribution in [1.82, 2.24) is 35.2 Å². The molecule has 1 aromatic heterocycles. The van der Waals surface area contributed by atoms with Crippen molar-refractivity contribution in [2.75, 3.05) is 98.9 Å². The lowest BCUT2D eigenvalue weighted by atomic mass is 9.92. The third-order valence-electron chi connectivity index (χ3n) is 14.7. The van der Waals surface area contributed by atoms with Crippen molar-refractivity contribution in [1.29, 1.82) is 0 Å². The molecule has 26 heteroatoms. The zero-order valence-corrected chi connectivity index (χ0v) is 51.6. The first-order valence-electron chi connectivity index (χ1n) is 28.6. The molecule has 1 unspecified atom stereocenters. The molecule has 0 bridgehead atoms. The van der Waals surface area contributed by atoms with Crippen LogP contribution < -0.4 is 20.7 Å². The number of nitrogens with one attached hydrogen (secondary N) is 3. The number of likely N-dealkylation sites (N-methyl/N-ethyl adjacent to an activating group) is 2. The lowest BCUT2D eigenvalue weighted by Crippen LogP contribution is -2.57. The minimum atomic E-state index is -1.11. The summed E-state index contributed by atoms with van der Waals surface area (Å²) in [6.07, 6.45) is 4.41. The van der Waals surface area contributed by atoms with E-state index in [0.29, 0.717) is 17.1 Å². The van der Waals surface area contributed by atoms with E-state index in [9.17, 15) is 53.1 Å². The lowest BCUT2D eigenvalue weighted by molar-refractivity contribution is -0.149. The minimum absolute atomic E-state index is 0.00641. The number of benzene rings is 1. The second-order valence-electron chi connectivity index (χ2n) is 22.1. The molecule has 2 aromatic rings. The number of imide groups is 2. The number of amides is 7. The summed E-state index contributed by atoms with van der Waals surface area (Å²) >= 11 is 1.10. The quantitative estimate of drug-likeness (QED) is 0.0318. The molecule has 470 valence electrons. The molecule has 2 aliphatic heterocycles. The maximum absolute atomic E-state index is 14.4. The van der Waals surface area contributed by atoms with Crippen LogP contribution >= 0.6 is 11.3 Å². The van der Waals surface area contributed by atoms with E-state index in [1.165, 1.54) is 49.6 Å². The Bertz CT molecular complexity index is 2660. The average molecular weight is 1210 g/mol. The average Bonchev–Trinajstić information content (AvgIpc) is 4.18. The van der Waals surface area contributed by atoms with Gasteiger partial charge in [-0.15, -0.1) is 11.3 Å². The van der Waals surface area contributed by atoms with Crippen LogP contribution in [0.5, 0.6) is 5.75 Å². The van der Waals surface area contributed by atoms with Crippen molar-refractivity contribution in [2.45, 2.75) is 124 Å². The topological polar surface area (TPSA) is 308 Å². The molecule has 4 rings (SSSR count). The van der Waals surface area contributed by atoms with Gasteiger partial charge in [0.1, 0.15) is 10.7 Å². The number of thiazole rings is 1. The molecule has 1 aromatic carbocycles. The van der Waals surface area contributed by atoms with Gasteiger partial charge in [0.05, 0.1) is 96.4 Å². The Kier molecular flexibility index (Phi) is 29.1. The molecule has 2 aliphatic rings. The normalized spacial score (nSPS) is 15.5. The van der Waals surface area contributed by atoms with Crippen LogP contribution in [0, 0.1) is 17.8 Å². The number of hydrogen-bond acceptors (Lipinski definition) is 20. The first kappa shape index (κ1) is 70.7. The highest BCUT2D eigenvalue weighted by Crippen LogP contribution is 2.32. The largest absolute Gasteiger partial charge is 0.481 e. The molecule has 85 heavy (non-hydrogen) atoms. The fourth-order valence-electron chi connectivity index (χ4n) is 8.83. The number of carboxylic acid groups (broad SMARTS) is 1. The van der Waals surface area contributed by atoms with Gasteiger partial charge in [0.2, 0.25) is 11.8 Å². The lowest BCUT2D eigenvalue weighted by Gasteiger charge is -2.39. The Morgan fingerprint density at radius 2 is 1.32 bits per heavy atom. The van der Waals surface area contributed by atoms with Gasteiger partial charge in [0, 0.05) is 74.2 Å². The number of ether oxygens (including phenoxy) is 6. The molecule has 25 nitrogen and oxygen atoms in total. The van der Waals surface area contributed by atoms with Crippen molar-refractivity contribution in [3.8, 4) is 5.75 Å². The Hall–Kier alpha value is -6.81. The summed E-state index contributed by atoms with van der Waals surface area (Å²) in [5.74, 6) is -6.36. The fourth-order valence-corrected chi connectivity index (χ4v) is 9.66. The Balaban J connectivity index is 1.47. The van der Waals surface area contributed by atoms with Gasteiger partial charge < -0.3 is 59.3 Å². The highest BCUT2D eigenvalue weighted by Gasteiger charge is 2.36. The molecule has 0 radical (unpaired) electrons. The predicted molar refractivity (Wildman–Crippen MR) is 313 cm³/mol. The van der Waals surface area contributed by atoms with Crippen molar-refractivity contribution in [3.63, 3.8) is 0 Å². The maximum atomic E-state index is 14.4. The molecule has 7 amide bonds. The zero-order valence-electron chi connectivity index (χ0n) is 50.8. The zero-order chi connectivity index (χ0) is 63.0. The van der Waals surface area contributed by atoms with Crippen molar-refractivity contribution in [3.05, 3.63) is 64.1 Å². The first-order chi connectivity index (χ1) is 40.2. The summed E-state index contributed by atoms with van der Waals surface area (Å²) in [5.41, 5.74) is 0.346.